The van der Waals surface area contributed by atoms with Crippen LogP contribution in [0.25, 0.3) is 11.2 Å². The van der Waals surface area contributed by atoms with Crippen LogP contribution in [0.4, 0.5) is 5.95 Å². The van der Waals surface area contributed by atoms with Gasteiger partial charge in [-0.2, -0.15) is 4.98 Å². The topological polar surface area (TPSA) is 242 Å². The van der Waals surface area contributed by atoms with Gasteiger partial charge in [0.05, 0.1) is 25.1 Å². The fraction of sp³-hybridized carbons (Fsp3) is 0.609. The van der Waals surface area contributed by atoms with Crippen LogP contribution in [0.1, 0.15) is 40.8 Å². The zero-order valence-corrected chi connectivity index (χ0v) is 24.2. The van der Waals surface area contributed by atoms with Crippen molar-refractivity contribution in [2.75, 3.05) is 18.9 Å². The van der Waals surface area contributed by atoms with Crippen LogP contribution in [0.2, 0.25) is 0 Å². The minimum absolute atomic E-state index is 0.0292. The molecule has 1 aliphatic heterocycles. The van der Waals surface area contributed by atoms with Crippen molar-refractivity contribution in [2.24, 2.45) is 0 Å². The number of anilines is 1. The third kappa shape index (κ3) is 7.37. The molecule has 6 atom stereocenters. The molecule has 41 heavy (non-hydrogen) atoms. The molecule has 0 saturated carbocycles. The Morgan fingerprint density at radius 3 is 2.56 bits per heavy atom. The first-order chi connectivity index (χ1) is 19.1. The monoisotopic (exact) mass is 601 g/mol. The number of esters is 2. The second-order valence-corrected chi connectivity index (χ2v) is 11.8. The van der Waals surface area contributed by atoms with Crippen LogP contribution in [0.5, 0.6) is 0 Å². The van der Waals surface area contributed by atoms with Crippen molar-refractivity contribution in [2.45, 2.75) is 76.9 Å². The summed E-state index contributed by atoms with van der Waals surface area (Å²) < 4.78 is 36.8. The lowest BCUT2D eigenvalue weighted by atomic mass is 9.96. The summed E-state index contributed by atoms with van der Waals surface area (Å²) in [7, 11) is -4.27. The molecular formula is C23H36N7O10P. The maximum absolute atomic E-state index is 13.8. The Kier molecular flexibility index (Phi) is 10.1. The first-order valence-corrected chi connectivity index (χ1v) is 14.3. The molecule has 0 aromatic carbocycles. The summed E-state index contributed by atoms with van der Waals surface area (Å²) in [6.07, 6.45) is -3.26. The lowest BCUT2D eigenvalue weighted by Crippen LogP contribution is -2.46. The Labute approximate surface area is 235 Å². The average molecular weight is 602 g/mol. The van der Waals surface area contributed by atoms with Crippen LogP contribution in [-0.2, 0) is 32.9 Å². The first kappa shape index (κ1) is 32.3. The van der Waals surface area contributed by atoms with Crippen LogP contribution in [-0.4, -0.2) is 90.9 Å². The number of aliphatic hydroxyl groups is 2. The van der Waals surface area contributed by atoms with Gasteiger partial charge in [0.2, 0.25) is 5.95 Å². The van der Waals surface area contributed by atoms with Gasteiger partial charge in [-0.15, -0.1) is 6.58 Å². The number of hydrogen-bond donors (Lipinski definition) is 6. The number of aliphatic hydroxyl groups excluding tert-OH is 2. The van der Waals surface area contributed by atoms with E-state index in [0.29, 0.717) is 0 Å². The van der Waals surface area contributed by atoms with Gasteiger partial charge in [0.1, 0.15) is 30.4 Å². The number of nitrogen functional groups attached to an aromatic ring is 1. The fourth-order valence-electron chi connectivity index (χ4n) is 3.94. The van der Waals surface area contributed by atoms with E-state index in [1.807, 2.05) is 0 Å². The summed E-state index contributed by atoms with van der Waals surface area (Å²) in [5, 5.41) is 26.8. The molecule has 3 heterocycles. The number of carbonyl (C=O) groups excluding carboxylic acids is 2. The Morgan fingerprint density at radius 2 is 1.95 bits per heavy atom. The molecule has 3 rings (SSSR count). The molecule has 1 unspecified atom stereocenters. The van der Waals surface area contributed by atoms with E-state index in [-0.39, 0.29) is 17.1 Å². The van der Waals surface area contributed by atoms with Crippen molar-refractivity contribution in [3.05, 3.63) is 29.3 Å². The zero-order valence-electron chi connectivity index (χ0n) is 23.3. The van der Waals surface area contributed by atoms with Crippen molar-refractivity contribution in [1.29, 1.82) is 0 Å². The van der Waals surface area contributed by atoms with Crippen molar-refractivity contribution in [1.82, 2.24) is 29.7 Å². The molecule has 1 aliphatic rings. The van der Waals surface area contributed by atoms with Crippen molar-refractivity contribution in [3.63, 3.8) is 0 Å². The number of fused-ring (bicyclic) bond motifs is 1. The van der Waals surface area contributed by atoms with Crippen LogP contribution in [0.15, 0.2) is 23.8 Å². The minimum Gasteiger partial charge on any atom is -0.462 e. The molecule has 0 spiro atoms. The Hall–Kier alpha value is -3.18. The number of rotatable bonds is 13. The highest BCUT2D eigenvalue weighted by molar-refractivity contribution is 7.54. The van der Waals surface area contributed by atoms with E-state index in [1.165, 1.54) is 17.8 Å². The zero-order chi connectivity index (χ0) is 30.7. The van der Waals surface area contributed by atoms with Crippen molar-refractivity contribution >= 4 is 36.7 Å². The molecule has 0 bridgehead atoms. The molecule has 2 aromatic heterocycles. The number of nitrogens with zero attached hydrogens (tertiary/aromatic N) is 3. The van der Waals surface area contributed by atoms with E-state index in [1.54, 1.807) is 27.7 Å². The number of carbonyl (C=O) groups is 2. The van der Waals surface area contributed by atoms with E-state index in [2.05, 4.69) is 31.7 Å². The van der Waals surface area contributed by atoms with Crippen LogP contribution >= 0.6 is 7.67 Å². The molecule has 228 valence electrons. The second-order valence-electron chi connectivity index (χ2n) is 9.91. The number of aromatic nitrogens is 4. The SMILES string of the molecule is C=C[C@]1(COP(=O)(NCC(=O)OC(C)C)N[C@@H](C)C(=O)OC(C)C)O[C@@H](n2cnc3c(=O)[nH]c(N)nc32)[C@H](O)[C@@H]1O. The molecule has 17 nitrogen and oxygen atoms in total. The van der Waals surface area contributed by atoms with Gasteiger partial charge in [-0.25, -0.2) is 15.2 Å². The predicted octanol–water partition coefficient (Wildman–Crippen LogP) is -0.527. The highest BCUT2D eigenvalue weighted by Gasteiger charge is 2.54. The summed E-state index contributed by atoms with van der Waals surface area (Å²) in [6.45, 7) is 10.3. The largest absolute Gasteiger partial charge is 0.462 e. The number of imidazole rings is 1. The number of H-pyrrole nitrogens is 1. The highest BCUT2D eigenvalue weighted by atomic mass is 31.2. The second kappa shape index (κ2) is 12.8. The summed E-state index contributed by atoms with van der Waals surface area (Å²) in [5.74, 6) is -1.70. The quantitative estimate of drug-likeness (QED) is 0.0960. The van der Waals surface area contributed by atoms with Gasteiger partial charge >= 0.3 is 19.6 Å². The van der Waals surface area contributed by atoms with Crippen LogP contribution < -0.4 is 21.5 Å². The van der Waals surface area contributed by atoms with Crippen molar-refractivity contribution < 1.29 is 43.1 Å². The van der Waals surface area contributed by atoms with Gasteiger partial charge in [0, 0.05) is 0 Å². The molecule has 0 radical (unpaired) electrons. The third-order valence-corrected chi connectivity index (χ3v) is 7.66. The number of nitrogens with two attached hydrogens (primary N) is 1. The molecule has 0 aliphatic carbocycles. The maximum atomic E-state index is 13.8. The van der Waals surface area contributed by atoms with Gasteiger partial charge in [-0.1, -0.05) is 6.08 Å². The normalized spacial score (nSPS) is 24.9. The Bertz CT molecular complexity index is 1380. The van der Waals surface area contributed by atoms with E-state index in [0.717, 1.165) is 6.08 Å². The van der Waals surface area contributed by atoms with Gasteiger partial charge in [0.25, 0.3) is 5.56 Å². The van der Waals surface area contributed by atoms with Crippen LogP contribution in [0, 0.1) is 0 Å². The summed E-state index contributed by atoms with van der Waals surface area (Å²) in [6, 6.07) is -1.16. The standard InChI is InChI=1S/C23H36N7O10P/c1-7-23(17(33)16(32)20(40-23)30-10-25-15-18(30)27-22(24)28-19(15)34)9-37-41(36,26-8-14(31)38-11(2)3)29-13(6)21(35)39-12(4)5/h7,10-13,16-17,20,32-33H,1,8-9H2,2-6H3,(H2,26,29,36)(H3,24,27,28,34)/t13-,16+,17-,20+,23+,41?/m0/s1. The molecule has 1 fully saturated rings. The molecule has 18 heteroatoms. The lowest BCUT2D eigenvalue weighted by Gasteiger charge is -2.31. The van der Waals surface area contributed by atoms with Gasteiger partial charge in [-0.05, 0) is 34.6 Å². The average Bonchev–Trinajstić information content (AvgIpc) is 3.40. The molecule has 0 amide bonds. The van der Waals surface area contributed by atoms with E-state index >= 15 is 0 Å². The van der Waals surface area contributed by atoms with E-state index in [9.17, 15) is 29.2 Å². The van der Waals surface area contributed by atoms with Gasteiger partial charge < -0.3 is 34.7 Å². The van der Waals surface area contributed by atoms with Gasteiger partial charge in [0.15, 0.2) is 17.4 Å². The van der Waals surface area contributed by atoms with Crippen LogP contribution in [0.3, 0.4) is 0 Å². The number of ether oxygens (including phenoxy) is 3. The molecule has 7 N–H and O–H groups in total. The fourth-order valence-corrected chi connectivity index (χ4v) is 5.54. The number of hydrogen-bond acceptors (Lipinski definition) is 13. The van der Waals surface area contributed by atoms with Crippen molar-refractivity contribution in [3.8, 4) is 0 Å². The Balaban J connectivity index is 1.86. The number of nitrogens with one attached hydrogen (secondary N) is 3. The lowest BCUT2D eigenvalue weighted by molar-refractivity contribution is -0.149. The number of aromatic amines is 1. The van der Waals surface area contributed by atoms with E-state index < -0.39 is 80.6 Å². The summed E-state index contributed by atoms with van der Waals surface area (Å²) >= 11 is 0. The Morgan fingerprint density at radius 1 is 1.29 bits per heavy atom. The summed E-state index contributed by atoms with van der Waals surface area (Å²) in [5.41, 5.74) is 3.03. The maximum Gasteiger partial charge on any atom is 0.342 e. The first-order valence-electron chi connectivity index (χ1n) is 12.7. The highest BCUT2D eigenvalue weighted by Crippen LogP contribution is 2.44. The third-order valence-electron chi connectivity index (χ3n) is 5.87. The minimum atomic E-state index is -4.27. The van der Waals surface area contributed by atoms with E-state index in [4.69, 9.17) is 24.5 Å². The summed E-state index contributed by atoms with van der Waals surface area (Å²) in [4.78, 5) is 47.0. The molecular weight excluding hydrogens is 565 g/mol. The predicted molar refractivity (Wildman–Crippen MR) is 144 cm³/mol. The molecule has 1 saturated heterocycles. The molecule has 2 aromatic rings. The van der Waals surface area contributed by atoms with Gasteiger partial charge in [-0.3, -0.25) is 28.5 Å². The smallest absolute Gasteiger partial charge is 0.342 e.